The van der Waals surface area contributed by atoms with E-state index in [1.54, 1.807) is 35.5 Å². The number of benzene rings is 2. The zero-order valence-corrected chi connectivity index (χ0v) is 19.8. The van der Waals surface area contributed by atoms with Crippen LogP contribution in [-0.4, -0.2) is 53.0 Å². The Balaban J connectivity index is 1.94. The van der Waals surface area contributed by atoms with Gasteiger partial charge in [-0.3, -0.25) is 0 Å². The summed E-state index contributed by atoms with van der Waals surface area (Å²) in [6.45, 7) is 0.889. The lowest BCUT2D eigenvalue weighted by molar-refractivity contribution is 0.292. The van der Waals surface area contributed by atoms with E-state index >= 15 is 0 Å². The van der Waals surface area contributed by atoms with Crippen LogP contribution in [0.5, 0.6) is 28.7 Å². The molecule has 7 heteroatoms. The molecule has 2 aromatic rings. The van der Waals surface area contributed by atoms with Crippen molar-refractivity contribution in [3.05, 3.63) is 47.2 Å². The summed E-state index contributed by atoms with van der Waals surface area (Å²) in [6.07, 6.45) is 3.07. The third-order valence-corrected chi connectivity index (χ3v) is 6.67. The fourth-order valence-corrected chi connectivity index (χ4v) is 5.16. The standard InChI is InChI=1S/C26H30N2O5/c1-29-21-9-8-16(11-22(21)30-2)19-14-18-7-6-10-28(18)20(15-27)25(19)17-12-23(31-3)26(33-5)24(13-17)32-4/h8-9,11-13,18-19H,6-7,10,14H2,1-5H3/t18-,19-/m0/s1. The Morgan fingerprint density at radius 1 is 0.848 bits per heavy atom. The zero-order valence-electron chi connectivity index (χ0n) is 19.8. The van der Waals surface area contributed by atoms with Crippen LogP contribution in [0, 0.1) is 11.3 Å². The summed E-state index contributed by atoms with van der Waals surface area (Å²) in [7, 11) is 8.05. The highest BCUT2D eigenvalue weighted by Gasteiger charge is 2.39. The SMILES string of the molecule is COc1ccc([C@@H]2C[C@@H]3CCCN3C(C#N)=C2c2cc(OC)c(OC)c(OC)c2)cc1OC. The van der Waals surface area contributed by atoms with Crippen LogP contribution in [0.3, 0.4) is 0 Å². The van der Waals surface area contributed by atoms with E-state index in [-0.39, 0.29) is 5.92 Å². The van der Waals surface area contributed by atoms with Gasteiger partial charge in [0.25, 0.3) is 0 Å². The Morgan fingerprint density at radius 3 is 2.09 bits per heavy atom. The van der Waals surface area contributed by atoms with E-state index in [4.69, 9.17) is 23.7 Å². The predicted molar refractivity (Wildman–Crippen MR) is 125 cm³/mol. The van der Waals surface area contributed by atoms with Crippen molar-refractivity contribution in [2.45, 2.75) is 31.2 Å². The van der Waals surface area contributed by atoms with Gasteiger partial charge in [0.05, 0.1) is 35.5 Å². The number of nitriles is 1. The van der Waals surface area contributed by atoms with Crippen LogP contribution in [0.15, 0.2) is 36.0 Å². The molecule has 2 heterocycles. The predicted octanol–water partition coefficient (Wildman–Crippen LogP) is 4.62. The maximum Gasteiger partial charge on any atom is 0.203 e. The first kappa shape index (κ1) is 22.7. The van der Waals surface area contributed by atoms with E-state index in [9.17, 15) is 5.26 Å². The van der Waals surface area contributed by atoms with Crippen LogP contribution in [0.1, 0.15) is 36.3 Å². The lowest BCUT2D eigenvalue weighted by Gasteiger charge is -2.38. The third-order valence-electron chi connectivity index (χ3n) is 6.67. The van der Waals surface area contributed by atoms with Gasteiger partial charge in [-0.1, -0.05) is 6.07 Å². The van der Waals surface area contributed by atoms with Crippen molar-refractivity contribution in [1.82, 2.24) is 4.90 Å². The van der Waals surface area contributed by atoms with Gasteiger partial charge in [-0.05, 0) is 54.7 Å². The number of ether oxygens (including phenoxy) is 5. The molecule has 2 atom stereocenters. The smallest absolute Gasteiger partial charge is 0.203 e. The first-order chi connectivity index (χ1) is 16.1. The summed E-state index contributed by atoms with van der Waals surface area (Å²) >= 11 is 0. The van der Waals surface area contributed by atoms with E-state index in [1.165, 1.54) is 0 Å². The minimum atomic E-state index is 0.00149. The molecule has 0 unspecified atom stereocenters. The van der Waals surface area contributed by atoms with Gasteiger partial charge in [-0.2, -0.15) is 5.26 Å². The highest BCUT2D eigenvalue weighted by atomic mass is 16.5. The Hall–Kier alpha value is -3.53. The fraction of sp³-hybridized carbons (Fsp3) is 0.423. The second-order valence-corrected chi connectivity index (χ2v) is 8.18. The molecule has 0 aliphatic carbocycles. The molecular formula is C26H30N2O5. The number of nitrogens with zero attached hydrogens (tertiary/aromatic N) is 2. The maximum absolute atomic E-state index is 10.3. The van der Waals surface area contributed by atoms with Crippen LogP contribution < -0.4 is 23.7 Å². The number of fused-ring (bicyclic) bond motifs is 1. The van der Waals surface area contributed by atoms with Crippen LogP contribution >= 0.6 is 0 Å². The second kappa shape index (κ2) is 9.53. The quantitative estimate of drug-likeness (QED) is 0.610. The molecule has 0 saturated carbocycles. The summed E-state index contributed by atoms with van der Waals surface area (Å²) in [4.78, 5) is 2.26. The zero-order chi connectivity index (χ0) is 23.5. The fourth-order valence-electron chi connectivity index (χ4n) is 5.16. The molecule has 0 spiro atoms. The molecule has 0 amide bonds. The molecule has 1 saturated heterocycles. The van der Waals surface area contributed by atoms with Gasteiger partial charge in [0.15, 0.2) is 23.0 Å². The molecule has 0 bridgehead atoms. The van der Waals surface area contributed by atoms with Crippen LogP contribution in [0.4, 0.5) is 0 Å². The van der Waals surface area contributed by atoms with Crippen molar-refractivity contribution in [2.24, 2.45) is 0 Å². The molecular weight excluding hydrogens is 420 g/mol. The van der Waals surface area contributed by atoms with E-state index < -0.39 is 0 Å². The van der Waals surface area contributed by atoms with Crippen molar-refractivity contribution in [1.29, 1.82) is 5.26 Å². The number of hydrogen-bond acceptors (Lipinski definition) is 7. The van der Waals surface area contributed by atoms with Crippen molar-refractivity contribution in [3.63, 3.8) is 0 Å². The van der Waals surface area contributed by atoms with E-state index in [2.05, 4.69) is 17.0 Å². The maximum atomic E-state index is 10.3. The van der Waals surface area contributed by atoms with Gasteiger partial charge in [-0.15, -0.1) is 0 Å². The van der Waals surface area contributed by atoms with Crippen molar-refractivity contribution < 1.29 is 23.7 Å². The Kier molecular flexibility index (Phi) is 6.55. The highest BCUT2D eigenvalue weighted by Crippen LogP contribution is 2.50. The summed E-state index contributed by atoms with van der Waals surface area (Å²) in [5, 5.41) is 10.3. The number of hydrogen-bond donors (Lipinski definition) is 0. The molecule has 2 aliphatic rings. The Labute approximate surface area is 195 Å². The van der Waals surface area contributed by atoms with Gasteiger partial charge < -0.3 is 28.6 Å². The number of allylic oxidation sites excluding steroid dienone is 2. The first-order valence-corrected chi connectivity index (χ1v) is 11.0. The second-order valence-electron chi connectivity index (χ2n) is 8.18. The number of rotatable bonds is 7. The van der Waals surface area contributed by atoms with E-state index in [0.717, 1.165) is 42.5 Å². The van der Waals surface area contributed by atoms with Gasteiger partial charge >= 0.3 is 0 Å². The topological polar surface area (TPSA) is 73.2 Å². The lowest BCUT2D eigenvalue weighted by Crippen LogP contribution is -2.35. The molecule has 2 aliphatic heterocycles. The third kappa shape index (κ3) is 3.91. The molecule has 0 aromatic heterocycles. The van der Waals surface area contributed by atoms with Crippen molar-refractivity contribution in [3.8, 4) is 34.8 Å². The number of methoxy groups -OCH3 is 5. The summed E-state index contributed by atoms with van der Waals surface area (Å²) in [5.41, 5.74) is 3.63. The highest BCUT2D eigenvalue weighted by molar-refractivity contribution is 5.80. The van der Waals surface area contributed by atoms with Crippen LogP contribution in [0.2, 0.25) is 0 Å². The first-order valence-electron chi connectivity index (χ1n) is 11.0. The van der Waals surface area contributed by atoms with Crippen LogP contribution in [-0.2, 0) is 0 Å². The average Bonchev–Trinajstić information content (AvgIpc) is 3.34. The van der Waals surface area contributed by atoms with Gasteiger partial charge in [0.1, 0.15) is 11.8 Å². The minimum absolute atomic E-state index is 0.00149. The van der Waals surface area contributed by atoms with Gasteiger partial charge in [-0.25, -0.2) is 0 Å². The van der Waals surface area contributed by atoms with Gasteiger partial charge in [0.2, 0.25) is 5.75 Å². The van der Waals surface area contributed by atoms with Crippen LogP contribution in [0.25, 0.3) is 5.57 Å². The molecule has 0 N–H and O–H groups in total. The summed E-state index contributed by atoms with van der Waals surface area (Å²) in [5.74, 6) is 3.00. The largest absolute Gasteiger partial charge is 0.493 e. The normalized spacial score (nSPS) is 19.6. The van der Waals surface area contributed by atoms with E-state index in [1.807, 2.05) is 24.3 Å². The molecule has 7 nitrogen and oxygen atoms in total. The van der Waals surface area contributed by atoms with E-state index in [0.29, 0.717) is 40.5 Å². The Bertz CT molecular complexity index is 1080. The molecule has 0 radical (unpaired) electrons. The van der Waals surface area contributed by atoms with Crippen molar-refractivity contribution in [2.75, 3.05) is 42.1 Å². The van der Waals surface area contributed by atoms with Crippen molar-refractivity contribution >= 4 is 5.57 Å². The molecule has 4 rings (SSSR count). The minimum Gasteiger partial charge on any atom is -0.493 e. The summed E-state index contributed by atoms with van der Waals surface area (Å²) in [6, 6.07) is 12.7. The van der Waals surface area contributed by atoms with Gasteiger partial charge in [0, 0.05) is 24.1 Å². The Morgan fingerprint density at radius 2 is 1.52 bits per heavy atom. The lowest BCUT2D eigenvalue weighted by atomic mass is 9.78. The summed E-state index contributed by atoms with van der Waals surface area (Å²) < 4.78 is 27.8. The average molecular weight is 451 g/mol. The molecule has 1 fully saturated rings. The molecule has 174 valence electrons. The molecule has 33 heavy (non-hydrogen) atoms. The monoisotopic (exact) mass is 450 g/mol. The molecule has 2 aromatic carbocycles.